The van der Waals surface area contributed by atoms with E-state index in [1.165, 1.54) is 16.8 Å². The molecule has 1 saturated heterocycles. The molecule has 0 saturated carbocycles. The fraction of sp³-hybridized carbons (Fsp3) is 0.356. The minimum absolute atomic E-state index is 0.00970. The molecular weight excluding hydrogens is 727 g/mol. The van der Waals surface area contributed by atoms with Crippen LogP contribution >= 0.6 is 0 Å². The predicted molar refractivity (Wildman–Crippen MR) is 216 cm³/mol. The van der Waals surface area contributed by atoms with Crippen molar-refractivity contribution in [2.24, 2.45) is 0 Å². The van der Waals surface area contributed by atoms with Gasteiger partial charge in [-0.3, -0.25) is 9.36 Å². The topological polar surface area (TPSA) is 140 Å². The lowest BCUT2D eigenvalue weighted by molar-refractivity contribution is -0.118. The number of rotatable bonds is 16. The van der Waals surface area contributed by atoms with Crippen molar-refractivity contribution in [1.82, 2.24) is 9.55 Å². The number of amides is 1. The molecule has 12 nitrogen and oxygen atoms in total. The normalized spacial score (nSPS) is 18.2. The standard InChI is InChI=1S/C45H51N3O9/c1-7-27-54-41-40(50)37(57-42(41)48-26-25-38(47-43(48)51)46-39(49)29-55-36-23-13-30(14-24-36)44(2,3)4)28-56-45(31-11-9-8-10-12-31,32-15-19-34(52-5)20-16-32)33-17-21-35(53-6)22-18-33/h8-26,37,40-42,50H,7,27-29H2,1-6H3,(H,46,47,49,51)/t37-,40+,41-,42-/m1/s1. The first-order valence-electron chi connectivity index (χ1n) is 19.0. The predicted octanol–water partition coefficient (Wildman–Crippen LogP) is 6.64. The number of aromatic nitrogens is 2. The lowest BCUT2D eigenvalue weighted by Gasteiger charge is -2.37. The molecule has 1 amide bonds. The molecule has 0 bridgehead atoms. The summed E-state index contributed by atoms with van der Waals surface area (Å²) in [7, 11) is 3.22. The number of carbonyl (C=O) groups excluding carboxylic acids is 1. The van der Waals surface area contributed by atoms with E-state index in [-0.39, 0.29) is 24.4 Å². The van der Waals surface area contributed by atoms with Gasteiger partial charge in [-0.05, 0) is 76.6 Å². The Morgan fingerprint density at radius 1 is 0.807 bits per heavy atom. The van der Waals surface area contributed by atoms with Crippen LogP contribution in [-0.4, -0.2) is 72.9 Å². The largest absolute Gasteiger partial charge is 0.497 e. The van der Waals surface area contributed by atoms with Gasteiger partial charge in [0.2, 0.25) is 0 Å². The Labute approximate surface area is 333 Å². The fourth-order valence-corrected chi connectivity index (χ4v) is 6.85. The van der Waals surface area contributed by atoms with Gasteiger partial charge in [0.1, 0.15) is 47.0 Å². The van der Waals surface area contributed by atoms with Crippen LogP contribution in [0.3, 0.4) is 0 Å². The molecule has 1 aliphatic rings. The summed E-state index contributed by atoms with van der Waals surface area (Å²) in [6, 6.07) is 34.1. The summed E-state index contributed by atoms with van der Waals surface area (Å²) in [6.45, 7) is 8.26. The van der Waals surface area contributed by atoms with E-state index < -0.39 is 41.7 Å². The SMILES string of the molecule is CCCO[C@@H]1[C@@H](O)[C@@H](COC(c2ccccc2)(c2ccc(OC)cc2)c2ccc(OC)cc2)O[C@H]1n1ccc(NC(=O)COc2ccc(C(C)(C)C)cc2)nc1=O. The van der Waals surface area contributed by atoms with Crippen molar-refractivity contribution in [3.63, 3.8) is 0 Å². The molecule has 1 aromatic heterocycles. The van der Waals surface area contributed by atoms with Gasteiger partial charge in [-0.1, -0.05) is 94.4 Å². The highest BCUT2D eigenvalue weighted by Gasteiger charge is 2.48. The Hall–Kier alpha value is -5.53. The Morgan fingerprint density at radius 3 is 1.91 bits per heavy atom. The summed E-state index contributed by atoms with van der Waals surface area (Å²) in [5.41, 5.74) is 1.72. The number of hydrogen-bond donors (Lipinski definition) is 2. The maximum Gasteiger partial charge on any atom is 0.351 e. The highest BCUT2D eigenvalue weighted by atomic mass is 16.6. The minimum Gasteiger partial charge on any atom is -0.497 e. The highest BCUT2D eigenvalue weighted by Crippen LogP contribution is 2.43. The average molecular weight is 778 g/mol. The average Bonchev–Trinajstić information content (AvgIpc) is 3.53. The fourth-order valence-electron chi connectivity index (χ4n) is 6.85. The second-order valence-corrected chi connectivity index (χ2v) is 14.8. The smallest absolute Gasteiger partial charge is 0.351 e. The van der Waals surface area contributed by atoms with Crippen LogP contribution in [0.1, 0.15) is 62.6 Å². The summed E-state index contributed by atoms with van der Waals surface area (Å²) in [5.74, 6) is 1.48. The van der Waals surface area contributed by atoms with Crippen LogP contribution < -0.4 is 25.2 Å². The van der Waals surface area contributed by atoms with Crippen LogP contribution in [0.5, 0.6) is 17.2 Å². The van der Waals surface area contributed by atoms with Gasteiger partial charge in [0, 0.05) is 12.8 Å². The summed E-state index contributed by atoms with van der Waals surface area (Å²) in [5, 5.41) is 14.4. The summed E-state index contributed by atoms with van der Waals surface area (Å²) >= 11 is 0. The molecule has 0 aliphatic carbocycles. The molecule has 0 spiro atoms. The molecule has 57 heavy (non-hydrogen) atoms. The van der Waals surface area contributed by atoms with Gasteiger partial charge in [0.05, 0.1) is 20.8 Å². The Bertz CT molecular complexity index is 2070. The number of aliphatic hydroxyl groups excluding tert-OH is 1. The van der Waals surface area contributed by atoms with Crippen LogP contribution in [0.15, 0.2) is 120 Å². The zero-order valence-corrected chi connectivity index (χ0v) is 33.2. The van der Waals surface area contributed by atoms with E-state index in [1.807, 2.05) is 110 Å². The van der Waals surface area contributed by atoms with E-state index in [0.717, 1.165) is 22.3 Å². The number of methoxy groups -OCH3 is 2. The summed E-state index contributed by atoms with van der Waals surface area (Å²) in [4.78, 5) is 30.4. The Kier molecular flexibility index (Phi) is 13.1. The number of nitrogens with one attached hydrogen (secondary N) is 1. The molecule has 300 valence electrons. The molecular formula is C45H51N3O9. The third-order valence-electron chi connectivity index (χ3n) is 9.93. The maximum atomic E-state index is 13.5. The summed E-state index contributed by atoms with van der Waals surface area (Å²) < 4.78 is 37.4. The minimum atomic E-state index is -1.18. The van der Waals surface area contributed by atoms with E-state index in [9.17, 15) is 14.7 Å². The monoisotopic (exact) mass is 777 g/mol. The number of benzene rings is 4. The Morgan fingerprint density at radius 2 is 1.37 bits per heavy atom. The van der Waals surface area contributed by atoms with E-state index >= 15 is 0 Å². The van der Waals surface area contributed by atoms with E-state index in [0.29, 0.717) is 30.3 Å². The molecule has 0 radical (unpaired) electrons. The van der Waals surface area contributed by atoms with Gasteiger partial charge in [0.25, 0.3) is 5.91 Å². The number of carbonyl (C=O) groups is 1. The number of anilines is 1. The van der Waals surface area contributed by atoms with Gasteiger partial charge in [-0.15, -0.1) is 0 Å². The molecule has 4 aromatic carbocycles. The first kappa shape index (κ1) is 41.1. The summed E-state index contributed by atoms with van der Waals surface area (Å²) in [6.07, 6.45) is -1.94. The first-order valence-corrected chi connectivity index (χ1v) is 19.0. The lowest BCUT2D eigenvalue weighted by atomic mass is 9.80. The van der Waals surface area contributed by atoms with Crippen LogP contribution in [0.2, 0.25) is 0 Å². The second kappa shape index (κ2) is 18.2. The molecule has 2 heterocycles. The maximum absolute atomic E-state index is 13.5. The van der Waals surface area contributed by atoms with Crippen LogP contribution in [0.4, 0.5) is 5.82 Å². The molecule has 2 N–H and O–H groups in total. The second-order valence-electron chi connectivity index (χ2n) is 14.8. The van der Waals surface area contributed by atoms with Crippen molar-refractivity contribution >= 4 is 11.7 Å². The molecule has 4 atom stereocenters. The van der Waals surface area contributed by atoms with Gasteiger partial charge < -0.3 is 38.8 Å². The van der Waals surface area contributed by atoms with Gasteiger partial charge >= 0.3 is 5.69 Å². The van der Waals surface area contributed by atoms with Crippen LogP contribution in [0, 0.1) is 0 Å². The zero-order chi connectivity index (χ0) is 40.6. The molecule has 1 aliphatic heterocycles. The van der Waals surface area contributed by atoms with Crippen molar-refractivity contribution in [3.05, 3.63) is 148 Å². The van der Waals surface area contributed by atoms with Crippen molar-refractivity contribution in [2.45, 2.75) is 69.7 Å². The molecule has 0 unspecified atom stereocenters. The third-order valence-corrected chi connectivity index (χ3v) is 9.93. The first-order chi connectivity index (χ1) is 27.5. The third kappa shape index (κ3) is 9.37. The number of nitrogens with zero attached hydrogens (tertiary/aromatic N) is 2. The zero-order valence-electron chi connectivity index (χ0n) is 33.2. The number of aliphatic hydroxyl groups is 1. The van der Waals surface area contributed by atoms with E-state index in [4.69, 9.17) is 28.4 Å². The van der Waals surface area contributed by atoms with Gasteiger partial charge in [-0.25, -0.2) is 4.79 Å². The Balaban J connectivity index is 1.23. The van der Waals surface area contributed by atoms with Gasteiger partial charge in [-0.2, -0.15) is 4.98 Å². The van der Waals surface area contributed by atoms with Crippen molar-refractivity contribution in [2.75, 3.05) is 39.4 Å². The molecule has 12 heteroatoms. The molecule has 6 rings (SSSR count). The van der Waals surface area contributed by atoms with Crippen molar-refractivity contribution < 1.29 is 38.3 Å². The van der Waals surface area contributed by atoms with Crippen molar-refractivity contribution in [1.29, 1.82) is 0 Å². The number of hydrogen-bond acceptors (Lipinski definition) is 10. The van der Waals surface area contributed by atoms with E-state index in [2.05, 4.69) is 31.1 Å². The number of ether oxygens (including phenoxy) is 6. The van der Waals surface area contributed by atoms with Crippen LogP contribution in [-0.2, 0) is 30.0 Å². The lowest BCUT2D eigenvalue weighted by Crippen LogP contribution is -2.40. The van der Waals surface area contributed by atoms with Crippen LogP contribution in [0.25, 0.3) is 0 Å². The quantitative estimate of drug-likeness (QED) is 0.105. The highest BCUT2D eigenvalue weighted by molar-refractivity contribution is 5.90. The molecule has 5 aromatic rings. The van der Waals surface area contributed by atoms with Gasteiger partial charge in [0.15, 0.2) is 12.8 Å². The molecule has 1 fully saturated rings. The van der Waals surface area contributed by atoms with E-state index in [1.54, 1.807) is 14.2 Å². The van der Waals surface area contributed by atoms with Crippen molar-refractivity contribution in [3.8, 4) is 17.2 Å².